The number of hydrogen-bond acceptors (Lipinski definition) is 5. The fourth-order valence-corrected chi connectivity index (χ4v) is 4.83. The van der Waals surface area contributed by atoms with E-state index in [4.69, 9.17) is 33.7 Å². The molecule has 0 saturated carbocycles. The molecule has 0 unspecified atom stereocenters. The second-order valence-corrected chi connectivity index (χ2v) is 8.79. The maximum Gasteiger partial charge on any atom is 0.248 e. The molecular weight excluding hydrogens is 432 g/mol. The number of halogens is 3. The number of hydrogen-bond donors (Lipinski definition) is 2. The molecule has 1 amide bonds. The fraction of sp³-hybridized carbons (Fsp3) is 0.235. The van der Waals surface area contributed by atoms with Crippen molar-refractivity contribution in [2.45, 2.75) is 4.90 Å². The third kappa shape index (κ3) is 4.39. The van der Waals surface area contributed by atoms with E-state index >= 15 is 0 Å². The molecule has 0 bridgehead atoms. The van der Waals surface area contributed by atoms with Crippen molar-refractivity contribution in [2.24, 2.45) is 5.73 Å². The molecule has 1 saturated heterocycles. The minimum Gasteiger partial charge on any atom is -0.453 e. The van der Waals surface area contributed by atoms with Crippen LogP contribution in [-0.2, 0) is 10.0 Å². The van der Waals surface area contributed by atoms with Crippen molar-refractivity contribution in [1.82, 2.24) is 9.62 Å². The number of primary amides is 1. The van der Waals surface area contributed by atoms with Gasteiger partial charge in [0, 0.05) is 41.8 Å². The summed E-state index contributed by atoms with van der Waals surface area (Å²) < 4.78 is 47.7. The van der Waals surface area contributed by atoms with Gasteiger partial charge in [-0.15, -0.1) is 0 Å². The lowest BCUT2D eigenvalue weighted by atomic mass is 10.2. The van der Waals surface area contributed by atoms with Crippen molar-refractivity contribution in [3.05, 3.63) is 51.8 Å². The number of piperazine rings is 1. The van der Waals surface area contributed by atoms with Gasteiger partial charge < -0.3 is 15.8 Å². The lowest BCUT2D eigenvalue weighted by molar-refractivity contribution is 0.0999. The average Bonchev–Trinajstić information content (AvgIpc) is 2.62. The number of benzene rings is 2. The van der Waals surface area contributed by atoms with Gasteiger partial charge in [-0.3, -0.25) is 4.79 Å². The van der Waals surface area contributed by atoms with Gasteiger partial charge in [0.2, 0.25) is 15.9 Å². The summed E-state index contributed by atoms with van der Waals surface area (Å²) in [6.45, 7) is 1.26. The van der Waals surface area contributed by atoms with Crippen LogP contribution in [0.1, 0.15) is 10.4 Å². The molecule has 7 nitrogen and oxygen atoms in total. The van der Waals surface area contributed by atoms with Crippen molar-refractivity contribution < 1.29 is 22.3 Å². The molecule has 1 aliphatic heterocycles. The van der Waals surface area contributed by atoms with Crippen LogP contribution in [0.2, 0.25) is 10.0 Å². The first-order valence-electron chi connectivity index (χ1n) is 8.16. The van der Waals surface area contributed by atoms with Gasteiger partial charge in [-0.05, 0) is 30.3 Å². The summed E-state index contributed by atoms with van der Waals surface area (Å²) in [5, 5.41) is 3.48. The standard InChI is InChI=1S/C17H16Cl2FN3O4S/c18-11-7-12(19)9-13(8-11)27-16-14(20)5-10(17(21)24)6-15(16)28(25,26)23-3-1-22-2-4-23/h5-9,22H,1-4H2,(H2,21,24). The van der Waals surface area contributed by atoms with Crippen LogP contribution < -0.4 is 15.8 Å². The van der Waals surface area contributed by atoms with Crippen LogP contribution in [0.25, 0.3) is 0 Å². The quantitative estimate of drug-likeness (QED) is 0.733. The van der Waals surface area contributed by atoms with E-state index in [1.165, 1.54) is 22.5 Å². The van der Waals surface area contributed by atoms with E-state index in [9.17, 15) is 17.6 Å². The van der Waals surface area contributed by atoms with E-state index in [1.54, 1.807) is 0 Å². The Kier molecular flexibility index (Phi) is 6.11. The van der Waals surface area contributed by atoms with E-state index in [0.29, 0.717) is 13.1 Å². The van der Waals surface area contributed by atoms with Crippen molar-refractivity contribution in [1.29, 1.82) is 0 Å². The van der Waals surface area contributed by atoms with Gasteiger partial charge in [0.25, 0.3) is 0 Å². The van der Waals surface area contributed by atoms with Gasteiger partial charge in [0.15, 0.2) is 11.6 Å². The molecule has 0 aliphatic carbocycles. The number of carbonyl (C=O) groups is 1. The van der Waals surface area contributed by atoms with Crippen molar-refractivity contribution in [3.8, 4) is 11.5 Å². The molecule has 3 N–H and O–H groups in total. The molecular formula is C17H16Cl2FN3O4S. The highest BCUT2D eigenvalue weighted by molar-refractivity contribution is 7.89. The lowest BCUT2D eigenvalue weighted by Gasteiger charge is -2.27. The van der Waals surface area contributed by atoms with Gasteiger partial charge in [-0.2, -0.15) is 4.31 Å². The van der Waals surface area contributed by atoms with E-state index in [-0.39, 0.29) is 34.4 Å². The minimum absolute atomic E-state index is 0.0417. The topological polar surface area (TPSA) is 102 Å². The molecule has 11 heteroatoms. The number of nitrogens with zero attached hydrogens (tertiary/aromatic N) is 1. The summed E-state index contributed by atoms with van der Waals surface area (Å²) in [7, 11) is -4.16. The predicted molar refractivity (Wildman–Crippen MR) is 103 cm³/mol. The fourth-order valence-electron chi connectivity index (χ4n) is 2.73. The number of amides is 1. The molecule has 0 spiro atoms. The first kappa shape index (κ1) is 20.8. The van der Waals surface area contributed by atoms with Crippen molar-refractivity contribution >= 4 is 39.1 Å². The molecule has 1 fully saturated rings. The summed E-state index contributed by atoms with van der Waals surface area (Å²) in [4.78, 5) is 11.0. The van der Waals surface area contributed by atoms with Crippen LogP contribution >= 0.6 is 23.2 Å². The maximum atomic E-state index is 14.8. The minimum atomic E-state index is -4.16. The normalized spacial score (nSPS) is 15.4. The molecule has 0 radical (unpaired) electrons. The van der Waals surface area contributed by atoms with Crippen LogP contribution in [0.3, 0.4) is 0 Å². The third-order valence-electron chi connectivity index (χ3n) is 4.04. The Morgan fingerprint density at radius 2 is 1.71 bits per heavy atom. The van der Waals surface area contributed by atoms with Crippen LogP contribution in [0.4, 0.5) is 4.39 Å². The van der Waals surface area contributed by atoms with Gasteiger partial charge in [0.1, 0.15) is 10.6 Å². The van der Waals surface area contributed by atoms with Crippen molar-refractivity contribution in [2.75, 3.05) is 26.2 Å². The first-order chi connectivity index (χ1) is 13.2. The highest BCUT2D eigenvalue weighted by atomic mass is 35.5. The van der Waals surface area contributed by atoms with Gasteiger partial charge in [0.05, 0.1) is 0 Å². The zero-order valence-corrected chi connectivity index (χ0v) is 16.7. The van der Waals surface area contributed by atoms with Crippen LogP contribution in [-0.4, -0.2) is 44.8 Å². The molecule has 3 rings (SSSR count). The van der Waals surface area contributed by atoms with E-state index in [0.717, 1.165) is 12.1 Å². The first-order valence-corrected chi connectivity index (χ1v) is 10.4. The molecule has 1 heterocycles. The Labute approximate surface area is 171 Å². The highest BCUT2D eigenvalue weighted by Crippen LogP contribution is 2.36. The van der Waals surface area contributed by atoms with E-state index in [1.807, 2.05) is 0 Å². The zero-order chi connectivity index (χ0) is 20.5. The van der Waals surface area contributed by atoms with E-state index in [2.05, 4.69) is 5.32 Å². The molecule has 28 heavy (non-hydrogen) atoms. The number of carbonyl (C=O) groups excluding carboxylic acids is 1. The largest absolute Gasteiger partial charge is 0.453 e. The third-order valence-corrected chi connectivity index (χ3v) is 6.38. The van der Waals surface area contributed by atoms with E-state index < -0.39 is 32.4 Å². The summed E-state index contributed by atoms with van der Waals surface area (Å²) in [5.41, 5.74) is 4.93. The molecule has 150 valence electrons. The molecule has 0 aromatic heterocycles. The summed E-state index contributed by atoms with van der Waals surface area (Å²) in [6, 6.07) is 5.98. The number of sulfonamides is 1. The Morgan fingerprint density at radius 1 is 1.11 bits per heavy atom. The number of nitrogens with two attached hydrogens (primary N) is 1. The Balaban J connectivity index is 2.14. The summed E-state index contributed by atoms with van der Waals surface area (Å²) in [6.07, 6.45) is 0. The summed E-state index contributed by atoms with van der Waals surface area (Å²) >= 11 is 11.8. The average molecular weight is 448 g/mol. The van der Waals surface area contributed by atoms with Crippen LogP contribution in [0.15, 0.2) is 35.2 Å². The van der Waals surface area contributed by atoms with Gasteiger partial charge in [-0.25, -0.2) is 12.8 Å². The second-order valence-electron chi connectivity index (χ2n) is 6.01. The Hall–Kier alpha value is -1.91. The summed E-state index contributed by atoms with van der Waals surface area (Å²) in [5.74, 6) is -2.55. The Bertz CT molecular complexity index is 1010. The van der Waals surface area contributed by atoms with Gasteiger partial charge in [-0.1, -0.05) is 23.2 Å². The zero-order valence-electron chi connectivity index (χ0n) is 14.4. The predicted octanol–water partition coefficient (Wildman–Crippen LogP) is 2.62. The molecule has 2 aromatic rings. The van der Waals surface area contributed by atoms with Crippen LogP contribution in [0, 0.1) is 5.82 Å². The monoisotopic (exact) mass is 447 g/mol. The molecule has 2 aromatic carbocycles. The number of rotatable bonds is 5. The lowest BCUT2D eigenvalue weighted by Crippen LogP contribution is -2.46. The smallest absolute Gasteiger partial charge is 0.248 e. The highest BCUT2D eigenvalue weighted by Gasteiger charge is 2.32. The number of ether oxygens (including phenoxy) is 1. The SMILES string of the molecule is NC(=O)c1cc(F)c(Oc2cc(Cl)cc(Cl)c2)c(S(=O)(=O)N2CCNCC2)c1. The molecule has 0 atom stereocenters. The van der Waals surface area contributed by atoms with Crippen LogP contribution in [0.5, 0.6) is 11.5 Å². The van der Waals surface area contributed by atoms with Gasteiger partial charge >= 0.3 is 0 Å². The molecule has 1 aliphatic rings. The number of nitrogens with one attached hydrogen (secondary N) is 1. The maximum absolute atomic E-state index is 14.8. The Morgan fingerprint density at radius 3 is 2.29 bits per heavy atom. The second kappa shape index (κ2) is 8.22. The van der Waals surface area contributed by atoms with Crippen molar-refractivity contribution in [3.63, 3.8) is 0 Å².